The molecule has 9 nitrogen and oxygen atoms in total. The van der Waals surface area contributed by atoms with Crippen LogP contribution in [0.25, 0.3) is 16.9 Å². The predicted octanol–water partition coefficient (Wildman–Crippen LogP) is 5.07. The summed E-state index contributed by atoms with van der Waals surface area (Å²) in [6, 6.07) is 25.4. The molecule has 0 unspecified atom stereocenters. The van der Waals surface area contributed by atoms with E-state index in [-0.39, 0.29) is 5.91 Å². The average molecular weight is 545 g/mol. The summed E-state index contributed by atoms with van der Waals surface area (Å²) in [5, 5.41) is 6.26. The molecule has 3 heterocycles. The first-order valence-corrected chi connectivity index (χ1v) is 13.7. The van der Waals surface area contributed by atoms with Crippen molar-refractivity contribution in [2.75, 3.05) is 43.9 Å². The summed E-state index contributed by atoms with van der Waals surface area (Å²) in [5.74, 6) is 0.325. The zero-order valence-electron chi connectivity index (χ0n) is 22.9. The highest BCUT2D eigenvalue weighted by atomic mass is 16.1. The zero-order chi connectivity index (χ0) is 28.0. The van der Waals surface area contributed by atoms with Crippen LogP contribution in [0.2, 0.25) is 0 Å². The number of amides is 1. The fourth-order valence-electron chi connectivity index (χ4n) is 4.83. The van der Waals surface area contributed by atoms with Crippen LogP contribution in [0.1, 0.15) is 15.9 Å². The minimum Gasteiger partial charge on any atom is -0.324 e. The molecule has 0 bridgehead atoms. The van der Waals surface area contributed by atoms with Crippen LogP contribution in [-0.4, -0.2) is 68.5 Å². The van der Waals surface area contributed by atoms with Gasteiger partial charge in [-0.25, -0.2) is 15.0 Å². The van der Waals surface area contributed by atoms with Crippen molar-refractivity contribution in [3.05, 3.63) is 115 Å². The number of likely N-dealkylation sites (N-methyl/N-ethyl adjacent to an activating group) is 1. The number of piperazine rings is 1. The number of rotatable bonds is 8. The number of benzene rings is 3. The lowest BCUT2D eigenvalue weighted by Crippen LogP contribution is -2.43. The van der Waals surface area contributed by atoms with Gasteiger partial charge in [-0.05, 0) is 61.1 Å². The van der Waals surface area contributed by atoms with Gasteiger partial charge in [-0.2, -0.15) is 0 Å². The van der Waals surface area contributed by atoms with Crippen molar-refractivity contribution < 1.29 is 4.79 Å². The Morgan fingerprint density at radius 3 is 2.41 bits per heavy atom. The van der Waals surface area contributed by atoms with Gasteiger partial charge in [0.2, 0.25) is 5.95 Å². The van der Waals surface area contributed by atoms with E-state index in [4.69, 9.17) is 0 Å². The molecule has 0 radical (unpaired) electrons. The topological polar surface area (TPSA) is 91.2 Å². The Morgan fingerprint density at radius 2 is 1.66 bits per heavy atom. The first-order chi connectivity index (χ1) is 20.1. The van der Waals surface area contributed by atoms with Gasteiger partial charge in [0, 0.05) is 79.5 Å². The standard InChI is InChI=1S/C32H32N8O/c1-38-17-19-39(20-18-38)22-24-5-7-26(8-6-24)31(41)35-27-3-2-4-28(21-27)36-32-34-14-13-30(37-32)25-9-11-29(12-10-25)40-16-15-33-23-40/h2-16,21,23H,17-20,22H2,1H3,(H,35,41)(H,34,36,37). The third-order valence-corrected chi connectivity index (χ3v) is 7.22. The highest BCUT2D eigenvalue weighted by Crippen LogP contribution is 2.23. The van der Waals surface area contributed by atoms with Gasteiger partial charge in [0.1, 0.15) is 0 Å². The number of imidazole rings is 1. The normalized spacial score (nSPS) is 14.1. The lowest BCUT2D eigenvalue weighted by atomic mass is 10.1. The van der Waals surface area contributed by atoms with Crippen molar-refractivity contribution in [3.63, 3.8) is 0 Å². The summed E-state index contributed by atoms with van der Waals surface area (Å²) in [6.45, 7) is 5.22. The second-order valence-corrected chi connectivity index (χ2v) is 10.2. The molecule has 1 fully saturated rings. The Hall–Kier alpha value is -4.86. The molecular formula is C32H32N8O. The maximum Gasteiger partial charge on any atom is 0.255 e. The highest BCUT2D eigenvalue weighted by Gasteiger charge is 2.14. The predicted molar refractivity (Wildman–Crippen MR) is 161 cm³/mol. The van der Waals surface area contributed by atoms with Crippen molar-refractivity contribution in [2.24, 2.45) is 0 Å². The molecule has 5 aromatic rings. The number of carbonyl (C=O) groups excluding carboxylic acids is 1. The van der Waals surface area contributed by atoms with E-state index in [1.807, 2.05) is 89.6 Å². The van der Waals surface area contributed by atoms with E-state index in [9.17, 15) is 4.79 Å². The van der Waals surface area contributed by atoms with Crippen LogP contribution in [-0.2, 0) is 6.54 Å². The lowest BCUT2D eigenvalue weighted by molar-refractivity contribution is 0.102. The molecule has 41 heavy (non-hydrogen) atoms. The smallest absolute Gasteiger partial charge is 0.255 e. The monoisotopic (exact) mass is 544 g/mol. The zero-order valence-corrected chi connectivity index (χ0v) is 22.9. The van der Waals surface area contributed by atoms with Gasteiger partial charge in [-0.3, -0.25) is 9.69 Å². The quantitative estimate of drug-likeness (QED) is 0.282. The molecule has 1 saturated heterocycles. The molecule has 1 amide bonds. The van der Waals surface area contributed by atoms with E-state index >= 15 is 0 Å². The fourth-order valence-corrected chi connectivity index (χ4v) is 4.83. The van der Waals surface area contributed by atoms with Gasteiger partial charge in [0.15, 0.2) is 0 Å². The molecule has 6 rings (SSSR count). The van der Waals surface area contributed by atoms with Crippen LogP contribution >= 0.6 is 0 Å². The summed E-state index contributed by atoms with van der Waals surface area (Å²) in [7, 11) is 2.16. The number of hydrogen-bond donors (Lipinski definition) is 2. The van der Waals surface area contributed by atoms with E-state index in [1.54, 1.807) is 18.7 Å². The van der Waals surface area contributed by atoms with E-state index in [0.717, 1.165) is 55.4 Å². The molecule has 0 atom stereocenters. The second kappa shape index (κ2) is 12.1. The summed E-state index contributed by atoms with van der Waals surface area (Å²) >= 11 is 0. The van der Waals surface area contributed by atoms with Gasteiger partial charge in [0.25, 0.3) is 5.91 Å². The summed E-state index contributed by atoms with van der Waals surface area (Å²) in [6.07, 6.45) is 7.16. The molecule has 0 saturated carbocycles. The van der Waals surface area contributed by atoms with Gasteiger partial charge >= 0.3 is 0 Å². The summed E-state index contributed by atoms with van der Waals surface area (Å²) in [5.41, 5.74) is 6.12. The van der Waals surface area contributed by atoms with E-state index in [2.05, 4.69) is 42.4 Å². The minimum atomic E-state index is -0.148. The lowest BCUT2D eigenvalue weighted by Gasteiger charge is -2.32. The summed E-state index contributed by atoms with van der Waals surface area (Å²) in [4.78, 5) is 30.9. The average Bonchev–Trinajstić information content (AvgIpc) is 3.55. The van der Waals surface area contributed by atoms with Crippen LogP contribution in [0.3, 0.4) is 0 Å². The minimum absolute atomic E-state index is 0.148. The Balaban J connectivity index is 1.08. The van der Waals surface area contributed by atoms with Crippen molar-refractivity contribution in [1.29, 1.82) is 0 Å². The van der Waals surface area contributed by atoms with Crippen LogP contribution in [0.5, 0.6) is 0 Å². The molecule has 206 valence electrons. The molecule has 2 aromatic heterocycles. The van der Waals surface area contributed by atoms with Crippen LogP contribution < -0.4 is 10.6 Å². The highest BCUT2D eigenvalue weighted by molar-refractivity contribution is 6.04. The van der Waals surface area contributed by atoms with Gasteiger partial charge in [0.05, 0.1) is 12.0 Å². The molecule has 1 aliphatic heterocycles. The molecule has 3 aromatic carbocycles. The van der Waals surface area contributed by atoms with Crippen molar-refractivity contribution >= 4 is 23.2 Å². The first kappa shape index (κ1) is 26.4. The van der Waals surface area contributed by atoms with E-state index < -0.39 is 0 Å². The maximum atomic E-state index is 12.9. The number of nitrogens with one attached hydrogen (secondary N) is 2. The molecule has 2 N–H and O–H groups in total. The molecule has 9 heteroatoms. The maximum absolute atomic E-state index is 12.9. The number of nitrogens with zero attached hydrogens (tertiary/aromatic N) is 6. The Bertz CT molecular complexity index is 1590. The number of hydrogen-bond acceptors (Lipinski definition) is 7. The van der Waals surface area contributed by atoms with E-state index in [1.165, 1.54) is 5.56 Å². The Labute approximate surface area is 239 Å². The SMILES string of the molecule is CN1CCN(Cc2ccc(C(=O)Nc3cccc(Nc4nccc(-c5ccc(-n6ccnc6)cc5)n4)c3)cc2)CC1. The summed E-state index contributed by atoms with van der Waals surface area (Å²) < 4.78 is 1.95. The third-order valence-electron chi connectivity index (χ3n) is 7.22. The van der Waals surface area contributed by atoms with Crippen molar-refractivity contribution in [1.82, 2.24) is 29.3 Å². The van der Waals surface area contributed by atoms with Crippen LogP contribution in [0.4, 0.5) is 17.3 Å². The van der Waals surface area contributed by atoms with E-state index in [0.29, 0.717) is 17.2 Å². The van der Waals surface area contributed by atoms with Crippen LogP contribution in [0.15, 0.2) is 104 Å². The fraction of sp³-hybridized carbons (Fsp3) is 0.188. The first-order valence-electron chi connectivity index (χ1n) is 13.7. The molecular weight excluding hydrogens is 512 g/mol. The van der Waals surface area contributed by atoms with Gasteiger partial charge in [-0.15, -0.1) is 0 Å². The number of carbonyl (C=O) groups is 1. The van der Waals surface area contributed by atoms with Crippen LogP contribution in [0, 0.1) is 0 Å². The third kappa shape index (κ3) is 6.66. The molecule has 0 spiro atoms. The Morgan fingerprint density at radius 1 is 0.878 bits per heavy atom. The number of aromatic nitrogens is 4. The van der Waals surface area contributed by atoms with Crippen molar-refractivity contribution in [3.8, 4) is 16.9 Å². The molecule has 1 aliphatic rings. The van der Waals surface area contributed by atoms with Crippen molar-refractivity contribution in [2.45, 2.75) is 6.54 Å². The Kier molecular flexibility index (Phi) is 7.79. The van der Waals surface area contributed by atoms with Gasteiger partial charge in [-0.1, -0.05) is 30.3 Å². The number of anilines is 3. The largest absolute Gasteiger partial charge is 0.324 e. The molecule has 0 aliphatic carbocycles. The second-order valence-electron chi connectivity index (χ2n) is 10.2. The van der Waals surface area contributed by atoms with Gasteiger partial charge < -0.3 is 20.1 Å².